The zero-order chi connectivity index (χ0) is 10.0. The van der Waals surface area contributed by atoms with Crippen molar-refractivity contribution in [2.75, 3.05) is 0 Å². The van der Waals surface area contributed by atoms with Gasteiger partial charge in [-0.15, -0.1) is 0 Å². The van der Waals surface area contributed by atoms with Crippen molar-refractivity contribution in [3.8, 4) is 0 Å². The molecule has 3 nitrogen and oxygen atoms in total. The first-order valence-electron chi connectivity index (χ1n) is 5.57. The van der Waals surface area contributed by atoms with Gasteiger partial charge in [-0.05, 0) is 25.7 Å². The normalized spacial score (nSPS) is 27.1. The maximum absolute atomic E-state index is 11.9. The van der Waals surface area contributed by atoms with Gasteiger partial charge in [-0.3, -0.25) is 14.9 Å². The number of carbonyl (C=O) groups excluding carboxylic acids is 2. The number of imide groups is 1. The highest BCUT2D eigenvalue weighted by atomic mass is 16.2. The van der Waals surface area contributed by atoms with E-state index in [4.69, 9.17) is 0 Å². The molecule has 2 aliphatic rings. The van der Waals surface area contributed by atoms with Crippen LogP contribution in [0.4, 0.5) is 0 Å². The molecule has 0 atom stereocenters. The highest BCUT2D eigenvalue weighted by Gasteiger charge is 2.41. The maximum atomic E-state index is 11.9. The molecule has 1 spiro atoms. The molecule has 2 rings (SSSR count). The van der Waals surface area contributed by atoms with Gasteiger partial charge in [0.05, 0.1) is 0 Å². The van der Waals surface area contributed by atoms with Crippen LogP contribution in [-0.4, -0.2) is 11.8 Å². The lowest BCUT2D eigenvalue weighted by Crippen LogP contribution is -2.42. The molecule has 1 aliphatic carbocycles. The minimum atomic E-state index is -0.190. The summed E-state index contributed by atoms with van der Waals surface area (Å²) < 4.78 is 0. The number of hydrogen-bond acceptors (Lipinski definition) is 2. The van der Waals surface area contributed by atoms with Gasteiger partial charge in [-0.2, -0.15) is 0 Å². The minimum Gasteiger partial charge on any atom is -0.296 e. The van der Waals surface area contributed by atoms with Crippen LogP contribution >= 0.6 is 0 Å². The maximum Gasteiger partial charge on any atom is 0.232 e. The Kier molecular flexibility index (Phi) is 2.57. The summed E-state index contributed by atoms with van der Waals surface area (Å²) in [5.74, 6) is -0.0860. The quantitative estimate of drug-likeness (QED) is 0.599. The summed E-state index contributed by atoms with van der Waals surface area (Å²) in [4.78, 5) is 23.1. The van der Waals surface area contributed by atoms with Crippen molar-refractivity contribution >= 4 is 11.8 Å². The SMILES string of the molecule is O=C1CCCC2(CCCCC2)C(=O)N1. The summed E-state index contributed by atoms with van der Waals surface area (Å²) in [5.41, 5.74) is -0.190. The fourth-order valence-corrected chi connectivity index (χ4v) is 2.73. The molecule has 1 aliphatic heterocycles. The van der Waals surface area contributed by atoms with Crippen molar-refractivity contribution in [1.82, 2.24) is 5.32 Å². The van der Waals surface area contributed by atoms with Crippen molar-refractivity contribution in [3.05, 3.63) is 0 Å². The first-order valence-corrected chi connectivity index (χ1v) is 5.57. The summed E-state index contributed by atoms with van der Waals surface area (Å²) in [6.07, 6.45) is 7.78. The highest BCUT2D eigenvalue weighted by Crippen LogP contribution is 2.41. The molecule has 2 fully saturated rings. The van der Waals surface area contributed by atoms with Gasteiger partial charge in [-0.1, -0.05) is 19.3 Å². The van der Waals surface area contributed by atoms with E-state index in [0.717, 1.165) is 38.5 Å². The van der Waals surface area contributed by atoms with Crippen LogP contribution in [0.15, 0.2) is 0 Å². The zero-order valence-corrected chi connectivity index (χ0v) is 8.47. The van der Waals surface area contributed by atoms with E-state index in [9.17, 15) is 9.59 Å². The van der Waals surface area contributed by atoms with Gasteiger partial charge >= 0.3 is 0 Å². The largest absolute Gasteiger partial charge is 0.296 e. The van der Waals surface area contributed by atoms with E-state index in [0.29, 0.717) is 6.42 Å². The second-order valence-corrected chi connectivity index (χ2v) is 4.57. The van der Waals surface area contributed by atoms with Crippen molar-refractivity contribution in [2.45, 2.75) is 51.4 Å². The Bertz CT molecular complexity index is 254. The lowest BCUT2D eigenvalue weighted by molar-refractivity contribution is -0.137. The van der Waals surface area contributed by atoms with Gasteiger partial charge in [0.15, 0.2) is 0 Å². The molecule has 1 saturated carbocycles. The Morgan fingerprint density at radius 1 is 0.929 bits per heavy atom. The molecule has 2 amide bonds. The van der Waals surface area contributed by atoms with Crippen LogP contribution in [0.3, 0.4) is 0 Å². The van der Waals surface area contributed by atoms with Gasteiger partial charge in [0.25, 0.3) is 0 Å². The molecule has 0 aromatic carbocycles. The molecule has 1 saturated heterocycles. The Hall–Kier alpha value is -0.860. The average Bonchev–Trinajstić information content (AvgIpc) is 2.30. The predicted octanol–water partition coefficient (Wildman–Crippen LogP) is 1.76. The topological polar surface area (TPSA) is 46.2 Å². The summed E-state index contributed by atoms with van der Waals surface area (Å²) in [5, 5.41) is 2.52. The third kappa shape index (κ3) is 1.68. The van der Waals surface area contributed by atoms with E-state index in [1.165, 1.54) is 6.42 Å². The first-order chi connectivity index (χ1) is 6.73. The number of carbonyl (C=O) groups is 2. The monoisotopic (exact) mass is 195 g/mol. The molecule has 0 radical (unpaired) electrons. The van der Waals surface area contributed by atoms with Crippen molar-refractivity contribution < 1.29 is 9.59 Å². The van der Waals surface area contributed by atoms with E-state index in [-0.39, 0.29) is 17.2 Å². The molecule has 0 unspecified atom stereocenters. The highest BCUT2D eigenvalue weighted by molar-refractivity contribution is 5.98. The molecule has 1 heterocycles. The van der Waals surface area contributed by atoms with Gasteiger partial charge in [0, 0.05) is 11.8 Å². The Morgan fingerprint density at radius 3 is 2.29 bits per heavy atom. The third-order valence-electron chi connectivity index (χ3n) is 3.60. The third-order valence-corrected chi connectivity index (χ3v) is 3.60. The van der Waals surface area contributed by atoms with Crippen LogP contribution < -0.4 is 5.32 Å². The molecule has 0 aromatic heterocycles. The standard InChI is InChI=1S/C11H17NO2/c13-9-5-4-8-11(10(14)12-9)6-2-1-3-7-11/h1-8H2,(H,12,13,14). The molecule has 1 N–H and O–H groups in total. The van der Waals surface area contributed by atoms with Crippen LogP contribution in [0.5, 0.6) is 0 Å². The second-order valence-electron chi connectivity index (χ2n) is 4.57. The molecular weight excluding hydrogens is 178 g/mol. The lowest BCUT2D eigenvalue weighted by atomic mass is 9.71. The fraction of sp³-hybridized carbons (Fsp3) is 0.818. The summed E-state index contributed by atoms with van der Waals surface area (Å²) in [7, 11) is 0. The van der Waals surface area contributed by atoms with Crippen LogP contribution in [-0.2, 0) is 9.59 Å². The molecule has 78 valence electrons. The fourth-order valence-electron chi connectivity index (χ4n) is 2.73. The van der Waals surface area contributed by atoms with Crippen LogP contribution in [0.25, 0.3) is 0 Å². The Balaban J connectivity index is 2.15. The summed E-state index contributed by atoms with van der Waals surface area (Å²) >= 11 is 0. The molecule has 0 bridgehead atoms. The van der Waals surface area contributed by atoms with Gasteiger partial charge in [0.1, 0.15) is 0 Å². The number of nitrogens with one attached hydrogen (secondary N) is 1. The Morgan fingerprint density at radius 2 is 1.57 bits per heavy atom. The number of rotatable bonds is 0. The predicted molar refractivity (Wildman–Crippen MR) is 52.5 cm³/mol. The summed E-state index contributed by atoms with van der Waals surface area (Å²) in [6, 6.07) is 0. The number of hydrogen-bond donors (Lipinski definition) is 1. The molecule has 0 aromatic rings. The van der Waals surface area contributed by atoms with Crippen molar-refractivity contribution in [1.29, 1.82) is 0 Å². The first kappa shape index (κ1) is 9.69. The number of amides is 2. The van der Waals surface area contributed by atoms with Gasteiger partial charge in [-0.25, -0.2) is 0 Å². The van der Waals surface area contributed by atoms with Crippen LogP contribution in [0.1, 0.15) is 51.4 Å². The van der Waals surface area contributed by atoms with Crippen LogP contribution in [0, 0.1) is 5.41 Å². The Labute approximate surface area is 84.2 Å². The van der Waals surface area contributed by atoms with E-state index in [1.807, 2.05) is 0 Å². The van der Waals surface area contributed by atoms with Crippen molar-refractivity contribution in [2.24, 2.45) is 5.41 Å². The molecular formula is C11H17NO2. The van der Waals surface area contributed by atoms with Crippen molar-refractivity contribution in [3.63, 3.8) is 0 Å². The second kappa shape index (κ2) is 3.71. The van der Waals surface area contributed by atoms with Gasteiger partial charge < -0.3 is 0 Å². The molecule has 3 heteroatoms. The van der Waals surface area contributed by atoms with Gasteiger partial charge in [0.2, 0.25) is 11.8 Å². The van der Waals surface area contributed by atoms with Crippen LogP contribution in [0.2, 0.25) is 0 Å². The smallest absolute Gasteiger partial charge is 0.232 e. The van der Waals surface area contributed by atoms with E-state index >= 15 is 0 Å². The minimum absolute atomic E-state index is 0.000278. The average molecular weight is 195 g/mol. The summed E-state index contributed by atoms with van der Waals surface area (Å²) in [6.45, 7) is 0. The van der Waals surface area contributed by atoms with E-state index in [1.54, 1.807) is 0 Å². The molecule has 14 heavy (non-hydrogen) atoms. The van der Waals surface area contributed by atoms with E-state index < -0.39 is 0 Å². The lowest BCUT2D eigenvalue weighted by Gasteiger charge is -2.34. The van der Waals surface area contributed by atoms with E-state index in [2.05, 4.69) is 5.32 Å². The zero-order valence-electron chi connectivity index (χ0n) is 8.47.